The summed E-state index contributed by atoms with van der Waals surface area (Å²) < 4.78 is 0.373. The molecule has 1 aliphatic rings. The fourth-order valence-corrected chi connectivity index (χ4v) is 8.07. The molecule has 85 valence electrons. The van der Waals surface area contributed by atoms with Crippen LogP contribution in [0.2, 0.25) is 0 Å². The van der Waals surface area contributed by atoms with Gasteiger partial charge in [-0.15, -0.1) is 0 Å². The van der Waals surface area contributed by atoms with Crippen LogP contribution in [0.25, 0.3) is 6.08 Å². The second kappa shape index (κ2) is 5.38. The number of hydrogen-bond acceptors (Lipinski definition) is 0. The van der Waals surface area contributed by atoms with E-state index >= 15 is 0 Å². The minimum atomic E-state index is -2.24. The summed E-state index contributed by atoms with van der Waals surface area (Å²) in [5.41, 5.74) is 5.58. The summed E-state index contributed by atoms with van der Waals surface area (Å²) in [4.78, 5) is 0. The standard InChI is InChI=1S/C13H15.2ClH.Zr/c1-3-5-11-6-4-7-12-8-10(2)9-13(11)12;;;/h4,6-9H,3,5H2,1-2H3;2*1H;/q;;;+2/p-2. The van der Waals surface area contributed by atoms with Gasteiger partial charge in [0, 0.05) is 0 Å². The molecule has 1 atom stereocenters. The summed E-state index contributed by atoms with van der Waals surface area (Å²) >= 11 is -2.24. The third-order valence-corrected chi connectivity index (χ3v) is 8.64. The zero-order chi connectivity index (χ0) is 11.7. The van der Waals surface area contributed by atoms with E-state index in [4.69, 9.17) is 17.0 Å². The molecule has 3 heteroatoms. The van der Waals surface area contributed by atoms with Crippen molar-refractivity contribution in [3.8, 4) is 0 Å². The van der Waals surface area contributed by atoms with Gasteiger partial charge >= 0.3 is 113 Å². The molecule has 1 aromatic carbocycles. The second-order valence-electron chi connectivity index (χ2n) is 4.28. The molecule has 0 amide bonds. The predicted octanol–water partition coefficient (Wildman–Crippen LogP) is 5.02. The first-order valence-electron chi connectivity index (χ1n) is 5.63. The van der Waals surface area contributed by atoms with Crippen molar-refractivity contribution < 1.29 is 19.4 Å². The molecule has 1 aliphatic carbocycles. The van der Waals surface area contributed by atoms with Gasteiger partial charge < -0.3 is 0 Å². The van der Waals surface area contributed by atoms with Crippen molar-refractivity contribution in [2.24, 2.45) is 0 Å². The van der Waals surface area contributed by atoms with Gasteiger partial charge in [0.2, 0.25) is 0 Å². The van der Waals surface area contributed by atoms with Gasteiger partial charge in [-0.05, 0) is 0 Å². The Bertz CT molecular complexity index is 424. The van der Waals surface area contributed by atoms with Crippen LogP contribution >= 0.6 is 17.0 Å². The van der Waals surface area contributed by atoms with Crippen LogP contribution in [0.1, 0.15) is 40.6 Å². The Morgan fingerprint density at radius 2 is 2.06 bits per heavy atom. The number of aryl methyl sites for hydroxylation is 1. The van der Waals surface area contributed by atoms with Crippen LogP contribution in [0.15, 0.2) is 23.8 Å². The Labute approximate surface area is 112 Å². The first-order valence-corrected chi connectivity index (χ1v) is 13.4. The zero-order valence-electron chi connectivity index (χ0n) is 9.56. The van der Waals surface area contributed by atoms with Crippen molar-refractivity contribution in [2.75, 3.05) is 0 Å². The number of hydrogen-bond donors (Lipinski definition) is 0. The van der Waals surface area contributed by atoms with Gasteiger partial charge in [0.15, 0.2) is 0 Å². The van der Waals surface area contributed by atoms with Crippen LogP contribution in [0.3, 0.4) is 0 Å². The van der Waals surface area contributed by atoms with Gasteiger partial charge in [-0.3, -0.25) is 0 Å². The minimum absolute atomic E-state index is 0.373. The third kappa shape index (κ3) is 2.33. The van der Waals surface area contributed by atoms with Gasteiger partial charge in [-0.25, -0.2) is 0 Å². The van der Waals surface area contributed by atoms with Crippen molar-refractivity contribution >= 4 is 23.1 Å². The van der Waals surface area contributed by atoms with E-state index in [2.05, 4.69) is 38.1 Å². The van der Waals surface area contributed by atoms with Crippen molar-refractivity contribution in [1.29, 1.82) is 0 Å². The number of halogens is 2. The van der Waals surface area contributed by atoms with Crippen LogP contribution in [-0.2, 0) is 25.8 Å². The zero-order valence-corrected chi connectivity index (χ0v) is 13.5. The molecule has 0 radical (unpaired) electrons. The molecule has 0 saturated heterocycles. The summed E-state index contributed by atoms with van der Waals surface area (Å²) in [6.45, 7) is 4.37. The Hall–Kier alpha value is 0.423. The maximum atomic E-state index is 6.26. The summed E-state index contributed by atoms with van der Waals surface area (Å²) in [6, 6.07) is 6.56. The number of allylic oxidation sites excluding steroid dienone is 1. The second-order valence-corrected chi connectivity index (χ2v) is 13.1. The molecule has 1 aromatic rings. The van der Waals surface area contributed by atoms with E-state index in [-0.39, 0.29) is 0 Å². The summed E-state index contributed by atoms with van der Waals surface area (Å²) in [7, 11) is 12.5. The molecule has 0 bridgehead atoms. The van der Waals surface area contributed by atoms with Crippen molar-refractivity contribution in [2.45, 2.75) is 30.3 Å². The van der Waals surface area contributed by atoms with E-state index < -0.39 is 19.4 Å². The molecule has 1 unspecified atom stereocenters. The summed E-state index contributed by atoms with van der Waals surface area (Å²) in [5, 5.41) is 0. The number of fused-ring (bicyclic) bond motifs is 1. The predicted molar refractivity (Wildman–Crippen MR) is 68.5 cm³/mol. The topological polar surface area (TPSA) is 0 Å². The molecule has 0 N–H and O–H groups in total. The Morgan fingerprint density at radius 3 is 2.69 bits per heavy atom. The fourth-order valence-electron chi connectivity index (χ4n) is 2.39. The van der Waals surface area contributed by atoms with E-state index in [0.29, 0.717) is 3.63 Å². The molecular formula is C13H15Cl2Zr. The van der Waals surface area contributed by atoms with Gasteiger partial charge in [0.1, 0.15) is 0 Å². The number of rotatable bonds is 3. The molecule has 0 fully saturated rings. The molecule has 0 aliphatic heterocycles. The monoisotopic (exact) mass is 331 g/mol. The third-order valence-electron chi connectivity index (χ3n) is 3.11. The summed E-state index contributed by atoms with van der Waals surface area (Å²) in [5.74, 6) is 0. The molecule has 0 heterocycles. The van der Waals surface area contributed by atoms with E-state index in [9.17, 15) is 0 Å². The average Bonchev–Trinajstić information content (AvgIpc) is 2.55. The normalized spacial score (nSPS) is 18.2. The Morgan fingerprint density at radius 1 is 1.31 bits per heavy atom. The van der Waals surface area contributed by atoms with Crippen molar-refractivity contribution in [3.63, 3.8) is 0 Å². The number of benzene rings is 1. The van der Waals surface area contributed by atoms with E-state index in [1.54, 1.807) is 0 Å². The van der Waals surface area contributed by atoms with Crippen LogP contribution in [-0.4, -0.2) is 0 Å². The van der Waals surface area contributed by atoms with Crippen molar-refractivity contribution in [1.82, 2.24) is 0 Å². The maximum absolute atomic E-state index is 6.26. The van der Waals surface area contributed by atoms with Gasteiger partial charge in [-0.2, -0.15) is 0 Å². The van der Waals surface area contributed by atoms with E-state index in [0.717, 1.165) is 6.42 Å². The van der Waals surface area contributed by atoms with Crippen LogP contribution < -0.4 is 0 Å². The van der Waals surface area contributed by atoms with Crippen LogP contribution in [0, 0.1) is 0 Å². The quantitative estimate of drug-likeness (QED) is 0.728. The van der Waals surface area contributed by atoms with Gasteiger partial charge in [0.25, 0.3) is 0 Å². The average molecular weight is 333 g/mol. The molecule has 16 heavy (non-hydrogen) atoms. The first kappa shape index (κ1) is 12.9. The van der Waals surface area contributed by atoms with Gasteiger partial charge in [-0.1, -0.05) is 0 Å². The first-order chi connectivity index (χ1) is 7.65. The SMILES string of the molecule is CCCc1cccc2c1C=C(C)[CH]2[Zr]([Cl])[Cl]. The Kier molecular flexibility index (Phi) is 4.33. The fraction of sp³-hybridized carbons (Fsp3) is 0.385. The molecule has 0 spiro atoms. The molecule has 0 saturated carbocycles. The molecule has 0 aromatic heterocycles. The van der Waals surface area contributed by atoms with Crippen molar-refractivity contribution in [3.05, 3.63) is 40.5 Å². The van der Waals surface area contributed by atoms with E-state index in [1.807, 2.05) is 0 Å². The van der Waals surface area contributed by atoms with Crippen LogP contribution in [0.4, 0.5) is 0 Å². The molecular weight excluding hydrogens is 318 g/mol. The van der Waals surface area contributed by atoms with Gasteiger partial charge in [0.05, 0.1) is 0 Å². The Balaban J connectivity index is 2.47. The summed E-state index contributed by atoms with van der Waals surface area (Å²) in [6.07, 6.45) is 4.61. The van der Waals surface area contributed by atoms with Crippen LogP contribution in [0.5, 0.6) is 0 Å². The molecule has 2 rings (SSSR count). The van der Waals surface area contributed by atoms with E-state index in [1.165, 1.54) is 28.7 Å². The molecule has 0 nitrogen and oxygen atoms in total.